The molecule has 1 unspecified atom stereocenters. The van der Waals surface area contributed by atoms with Crippen molar-refractivity contribution in [1.29, 1.82) is 0 Å². The normalized spacial score (nSPS) is 11.9. The van der Waals surface area contributed by atoms with Crippen LogP contribution >= 0.6 is 0 Å². The van der Waals surface area contributed by atoms with E-state index >= 15 is 0 Å². The molecule has 0 aliphatic heterocycles. The van der Waals surface area contributed by atoms with Gasteiger partial charge in [-0.1, -0.05) is 6.08 Å². The minimum absolute atomic E-state index is 0.431. The van der Waals surface area contributed by atoms with Gasteiger partial charge < -0.3 is 10.2 Å². The van der Waals surface area contributed by atoms with Crippen LogP contribution in [-0.4, -0.2) is 25.1 Å². The van der Waals surface area contributed by atoms with E-state index in [1.807, 2.05) is 37.3 Å². The number of hydrogen-bond donors (Lipinski definition) is 1. The van der Waals surface area contributed by atoms with Crippen LogP contribution in [0.5, 0.6) is 0 Å². The summed E-state index contributed by atoms with van der Waals surface area (Å²) in [5.74, 6) is 0.980. The van der Waals surface area contributed by atoms with Gasteiger partial charge in [-0.25, -0.2) is 4.98 Å². The third kappa shape index (κ3) is 3.57. The van der Waals surface area contributed by atoms with Crippen molar-refractivity contribution in [2.24, 2.45) is 0 Å². The van der Waals surface area contributed by atoms with Crippen LogP contribution in [0.4, 0.5) is 11.5 Å². The van der Waals surface area contributed by atoms with Crippen molar-refractivity contribution < 1.29 is 0 Å². The van der Waals surface area contributed by atoms with Crippen molar-refractivity contribution >= 4 is 11.5 Å². The van der Waals surface area contributed by atoms with Gasteiger partial charge >= 0.3 is 0 Å². The van der Waals surface area contributed by atoms with Crippen LogP contribution in [0.2, 0.25) is 0 Å². The highest BCUT2D eigenvalue weighted by atomic mass is 15.2. The molecule has 0 saturated heterocycles. The van der Waals surface area contributed by atoms with E-state index in [9.17, 15) is 0 Å². The predicted molar refractivity (Wildman–Crippen MR) is 71.1 cm³/mol. The number of anilines is 2. The molecular formula is C13H21N3. The Labute approximate surface area is 98.2 Å². The third-order valence-electron chi connectivity index (χ3n) is 2.42. The molecule has 1 aromatic rings. The molecule has 16 heavy (non-hydrogen) atoms. The van der Waals surface area contributed by atoms with Gasteiger partial charge in [-0.05, 0) is 31.9 Å². The molecule has 0 bridgehead atoms. The second kappa shape index (κ2) is 6.16. The lowest BCUT2D eigenvalue weighted by molar-refractivity contribution is 0.718. The Morgan fingerprint density at radius 3 is 2.94 bits per heavy atom. The zero-order chi connectivity index (χ0) is 12.0. The molecule has 1 atom stereocenters. The summed E-state index contributed by atoms with van der Waals surface area (Å²) in [6, 6.07) is 4.45. The molecule has 1 aromatic heterocycles. The van der Waals surface area contributed by atoms with E-state index in [4.69, 9.17) is 0 Å². The molecule has 0 aromatic carbocycles. The monoisotopic (exact) mass is 219 g/mol. The molecule has 3 heteroatoms. The molecule has 1 heterocycles. The lowest BCUT2D eigenvalue weighted by Gasteiger charge is -2.20. The van der Waals surface area contributed by atoms with Crippen molar-refractivity contribution in [3.8, 4) is 0 Å². The molecule has 0 radical (unpaired) electrons. The SMILES string of the molecule is C=CCCC(C)Nc1cccnc1N(C)C. The van der Waals surface area contributed by atoms with E-state index in [2.05, 4.69) is 29.9 Å². The first-order chi connectivity index (χ1) is 7.65. The minimum atomic E-state index is 0.431. The van der Waals surface area contributed by atoms with Crippen LogP contribution < -0.4 is 10.2 Å². The van der Waals surface area contributed by atoms with Crippen LogP contribution in [0.1, 0.15) is 19.8 Å². The maximum Gasteiger partial charge on any atom is 0.151 e. The first kappa shape index (κ1) is 12.6. The van der Waals surface area contributed by atoms with Gasteiger partial charge in [0.2, 0.25) is 0 Å². The number of nitrogens with zero attached hydrogens (tertiary/aromatic N) is 2. The van der Waals surface area contributed by atoms with Gasteiger partial charge in [-0.2, -0.15) is 0 Å². The summed E-state index contributed by atoms with van der Waals surface area (Å²) >= 11 is 0. The summed E-state index contributed by atoms with van der Waals surface area (Å²) in [6.07, 6.45) is 5.89. The quantitative estimate of drug-likeness (QED) is 0.746. The first-order valence-electron chi connectivity index (χ1n) is 5.65. The van der Waals surface area contributed by atoms with Crippen molar-refractivity contribution in [2.45, 2.75) is 25.8 Å². The van der Waals surface area contributed by atoms with Gasteiger partial charge in [0.25, 0.3) is 0 Å². The molecule has 0 spiro atoms. The molecule has 0 fully saturated rings. The summed E-state index contributed by atoms with van der Waals surface area (Å²) in [7, 11) is 4.00. The molecule has 0 aliphatic carbocycles. The van der Waals surface area contributed by atoms with Crippen LogP contribution in [-0.2, 0) is 0 Å². The molecular weight excluding hydrogens is 198 g/mol. The Hall–Kier alpha value is -1.51. The fourth-order valence-corrected chi connectivity index (χ4v) is 1.57. The van der Waals surface area contributed by atoms with Crippen LogP contribution in [0.25, 0.3) is 0 Å². The van der Waals surface area contributed by atoms with Crippen molar-refractivity contribution in [2.75, 3.05) is 24.3 Å². The molecule has 0 amide bonds. The fraction of sp³-hybridized carbons (Fsp3) is 0.462. The Morgan fingerprint density at radius 1 is 1.56 bits per heavy atom. The van der Waals surface area contributed by atoms with Gasteiger partial charge in [-0.15, -0.1) is 6.58 Å². The largest absolute Gasteiger partial charge is 0.380 e. The number of pyridine rings is 1. The average Bonchev–Trinajstić information content (AvgIpc) is 2.27. The Morgan fingerprint density at radius 2 is 2.31 bits per heavy atom. The van der Waals surface area contributed by atoms with E-state index in [0.29, 0.717) is 6.04 Å². The molecule has 88 valence electrons. The number of aromatic nitrogens is 1. The van der Waals surface area contributed by atoms with Gasteiger partial charge in [0, 0.05) is 26.3 Å². The highest BCUT2D eigenvalue weighted by Crippen LogP contribution is 2.21. The second-order valence-corrected chi connectivity index (χ2v) is 4.18. The maximum absolute atomic E-state index is 4.35. The van der Waals surface area contributed by atoms with E-state index in [-0.39, 0.29) is 0 Å². The zero-order valence-electron chi connectivity index (χ0n) is 10.4. The van der Waals surface area contributed by atoms with Crippen LogP contribution in [0, 0.1) is 0 Å². The summed E-state index contributed by atoms with van der Waals surface area (Å²) in [5.41, 5.74) is 1.09. The Balaban J connectivity index is 2.68. The van der Waals surface area contributed by atoms with E-state index in [1.165, 1.54) is 0 Å². The van der Waals surface area contributed by atoms with Crippen LogP contribution in [0.15, 0.2) is 31.0 Å². The number of hydrogen-bond acceptors (Lipinski definition) is 3. The van der Waals surface area contributed by atoms with E-state index in [1.54, 1.807) is 0 Å². The van der Waals surface area contributed by atoms with Crippen LogP contribution in [0.3, 0.4) is 0 Å². The topological polar surface area (TPSA) is 28.2 Å². The summed E-state index contributed by atoms with van der Waals surface area (Å²) in [4.78, 5) is 6.37. The fourth-order valence-electron chi connectivity index (χ4n) is 1.57. The Kier molecular flexibility index (Phi) is 4.83. The number of allylic oxidation sites excluding steroid dienone is 1. The highest BCUT2D eigenvalue weighted by Gasteiger charge is 2.07. The molecule has 0 aliphatic rings. The van der Waals surface area contributed by atoms with Crippen molar-refractivity contribution in [3.05, 3.63) is 31.0 Å². The Bertz CT molecular complexity index is 334. The summed E-state index contributed by atoms with van der Waals surface area (Å²) in [6.45, 7) is 5.91. The predicted octanol–water partition coefficient (Wildman–Crippen LogP) is 2.91. The van der Waals surface area contributed by atoms with Crippen molar-refractivity contribution in [3.63, 3.8) is 0 Å². The van der Waals surface area contributed by atoms with Crippen molar-refractivity contribution in [1.82, 2.24) is 4.98 Å². The highest BCUT2D eigenvalue weighted by molar-refractivity contribution is 5.64. The summed E-state index contributed by atoms with van der Waals surface area (Å²) < 4.78 is 0. The maximum atomic E-state index is 4.35. The van der Waals surface area contributed by atoms with Gasteiger partial charge in [0.05, 0.1) is 5.69 Å². The smallest absolute Gasteiger partial charge is 0.151 e. The standard InChI is InChI=1S/C13H21N3/c1-5-6-8-11(2)15-12-9-7-10-14-13(12)16(3)4/h5,7,9-11,15H,1,6,8H2,2-4H3. The second-order valence-electron chi connectivity index (χ2n) is 4.18. The minimum Gasteiger partial charge on any atom is -0.380 e. The van der Waals surface area contributed by atoms with E-state index < -0.39 is 0 Å². The van der Waals surface area contributed by atoms with Gasteiger partial charge in [0.15, 0.2) is 5.82 Å². The number of rotatable bonds is 6. The third-order valence-corrected chi connectivity index (χ3v) is 2.42. The zero-order valence-corrected chi connectivity index (χ0v) is 10.4. The first-order valence-corrected chi connectivity index (χ1v) is 5.65. The lowest BCUT2D eigenvalue weighted by atomic mass is 10.2. The number of nitrogens with one attached hydrogen (secondary N) is 1. The molecule has 3 nitrogen and oxygen atoms in total. The molecule has 0 saturated carbocycles. The summed E-state index contributed by atoms with van der Waals surface area (Å²) in [5, 5.41) is 3.47. The molecule has 1 rings (SSSR count). The van der Waals surface area contributed by atoms with E-state index in [0.717, 1.165) is 24.3 Å². The van der Waals surface area contributed by atoms with Gasteiger partial charge in [0.1, 0.15) is 0 Å². The van der Waals surface area contributed by atoms with Gasteiger partial charge in [-0.3, -0.25) is 0 Å². The molecule has 1 N–H and O–H groups in total. The lowest BCUT2D eigenvalue weighted by Crippen LogP contribution is -2.19. The average molecular weight is 219 g/mol.